The number of rotatable bonds is 2. The Morgan fingerprint density at radius 1 is 1.38 bits per heavy atom. The van der Waals surface area contributed by atoms with Gasteiger partial charge in [-0.2, -0.15) is 0 Å². The quantitative estimate of drug-likeness (QED) is 0.829. The molecule has 0 saturated heterocycles. The summed E-state index contributed by atoms with van der Waals surface area (Å²) in [5.74, 6) is 0.0463. The summed E-state index contributed by atoms with van der Waals surface area (Å²) in [4.78, 5) is 0. The van der Waals surface area contributed by atoms with Crippen LogP contribution in [0.2, 0.25) is 5.02 Å². The lowest BCUT2D eigenvalue weighted by molar-refractivity contribution is 0.601. The number of halogens is 1. The van der Waals surface area contributed by atoms with Crippen LogP contribution in [0.5, 0.6) is 0 Å². The lowest BCUT2D eigenvalue weighted by atomic mass is 10.2. The van der Waals surface area contributed by atoms with Crippen LogP contribution in [-0.2, 0) is 22.6 Å². The van der Waals surface area contributed by atoms with Crippen molar-refractivity contribution in [2.24, 2.45) is 7.05 Å². The van der Waals surface area contributed by atoms with E-state index >= 15 is 0 Å². The van der Waals surface area contributed by atoms with Gasteiger partial charge in [0, 0.05) is 24.9 Å². The van der Waals surface area contributed by atoms with Gasteiger partial charge in [0.05, 0.1) is 16.3 Å². The number of aryl methyl sites for hydroxylation is 1. The predicted octanol–water partition coefficient (Wildman–Crippen LogP) is 2.38. The highest BCUT2D eigenvalue weighted by Crippen LogP contribution is 2.28. The summed E-state index contributed by atoms with van der Waals surface area (Å²) in [6.45, 7) is 0. The molecule has 0 saturated carbocycles. The maximum Gasteiger partial charge on any atom is 0.151 e. The number of aromatic nitrogens is 1. The second kappa shape index (κ2) is 3.79. The van der Waals surface area contributed by atoms with Crippen LogP contribution < -0.4 is 0 Å². The summed E-state index contributed by atoms with van der Waals surface area (Å²) in [7, 11) is -1.16. The second-order valence-corrected chi connectivity index (χ2v) is 6.52. The third-order valence-corrected chi connectivity index (χ3v) is 3.59. The molecule has 1 aromatic heterocycles. The van der Waals surface area contributed by atoms with E-state index in [9.17, 15) is 8.42 Å². The lowest BCUT2D eigenvalue weighted by Gasteiger charge is -1.98. The summed E-state index contributed by atoms with van der Waals surface area (Å²) < 4.78 is 24.5. The van der Waals surface area contributed by atoms with E-state index < -0.39 is 9.84 Å². The summed E-state index contributed by atoms with van der Waals surface area (Å²) >= 11 is 6.08. The van der Waals surface area contributed by atoms with Crippen molar-refractivity contribution < 1.29 is 8.42 Å². The molecule has 2 rings (SSSR count). The van der Waals surface area contributed by atoms with Crippen LogP contribution in [0.15, 0.2) is 24.4 Å². The predicted molar refractivity (Wildman–Crippen MR) is 66.5 cm³/mol. The number of benzene rings is 1. The van der Waals surface area contributed by atoms with Crippen LogP contribution in [0.3, 0.4) is 0 Å². The zero-order chi connectivity index (χ0) is 11.9. The average Bonchev–Trinajstić information content (AvgIpc) is 2.42. The van der Waals surface area contributed by atoms with E-state index in [1.165, 1.54) is 6.26 Å². The Morgan fingerprint density at radius 3 is 2.69 bits per heavy atom. The van der Waals surface area contributed by atoms with Gasteiger partial charge in [-0.25, -0.2) is 8.42 Å². The van der Waals surface area contributed by atoms with E-state index in [-0.39, 0.29) is 5.75 Å². The van der Waals surface area contributed by atoms with Gasteiger partial charge in [-0.15, -0.1) is 0 Å². The molecule has 0 aliphatic rings. The van der Waals surface area contributed by atoms with Crippen molar-refractivity contribution in [2.75, 3.05) is 6.26 Å². The number of fused-ring (bicyclic) bond motifs is 1. The van der Waals surface area contributed by atoms with Gasteiger partial charge in [-0.3, -0.25) is 0 Å². The number of nitrogens with zero attached hydrogens (tertiary/aromatic N) is 1. The summed E-state index contributed by atoms with van der Waals surface area (Å²) in [6, 6.07) is 5.52. The van der Waals surface area contributed by atoms with Crippen molar-refractivity contribution in [1.82, 2.24) is 4.57 Å². The smallest absolute Gasteiger partial charge is 0.151 e. The highest BCUT2D eigenvalue weighted by molar-refractivity contribution is 7.89. The van der Waals surface area contributed by atoms with Crippen molar-refractivity contribution in [3.05, 3.63) is 35.0 Å². The molecule has 3 nitrogen and oxygen atoms in total. The summed E-state index contributed by atoms with van der Waals surface area (Å²) in [6.07, 6.45) is 3.05. The first-order chi connectivity index (χ1) is 7.38. The largest absolute Gasteiger partial charge is 0.349 e. The van der Waals surface area contributed by atoms with Crippen LogP contribution in [-0.4, -0.2) is 19.2 Å². The molecule has 86 valence electrons. The van der Waals surface area contributed by atoms with Crippen molar-refractivity contribution in [2.45, 2.75) is 5.75 Å². The summed E-state index contributed by atoms with van der Waals surface area (Å²) in [5.41, 5.74) is 1.67. The van der Waals surface area contributed by atoms with E-state index in [1.54, 1.807) is 6.07 Å². The van der Waals surface area contributed by atoms with Gasteiger partial charge >= 0.3 is 0 Å². The second-order valence-electron chi connectivity index (χ2n) is 3.97. The fraction of sp³-hybridized carbons (Fsp3) is 0.273. The molecular weight excluding hydrogens is 246 g/mol. The van der Waals surface area contributed by atoms with Gasteiger partial charge in [0.15, 0.2) is 9.84 Å². The molecule has 5 heteroatoms. The third kappa shape index (κ3) is 2.08. The Labute approximate surface area is 99.6 Å². The van der Waals surface area contributed by atoms with Gasteiger partial charge < -0.3 is 4.57 Å². The van der Waals surface area contributed by atoms with Gasteiger partial charge in [-0.1, -0.05) is 23.7 Å². The van der Waals surface area contributed by atoms with Gasteiger partial charge in [-0.05, 0) is 11.6 Å². The number of para-hydroxylation sites is 1. The van der Waals surface area contributed by atoms with Crippen molar-refractivity contribution in [3.63, 3.8) is 0 Å². The highest BCUT2D eigenvalue weighted by Gasteiger charge is 2.13. The van der Waals surface area contributed by atoms with E-state index in [1.807, 2.05) is 29.9 Å². The number of hydrogen-bond acceptors (Lipinski definition) is 2. The molecule has 16 heavy (non-hydrogen) atoms. The molecule has 1 heterocycles. The Bertz CT molecular complexity index is 643. The first kappa shape index (κ1) is 11.5. The van der Waals surface area contributed by atoms with Crippen LogP contribution in [0, 0.1) is 0 Å². The maximum absolute atomic E-state index is 11.3. The molecule has 0 amide bonds. The molecule has 2 aromatic rings. The molecular formula is C11H12ClNO2S. The van der Waals surface area contributed by atoms with Gasteiger partial charge in [0.2, 0.25) is 0 Å². The molecule has 0 aliphatic heterocycles. The highest BCUT2D eigenvalue weighted by atomic mass is 35.5. The average molecular weight is 258 g/mol. The minimum Gasteiger partial charge on any atom is -0.349 e. The molecule has 0 spiro atoms. The molecule has 0 unspecified atom stereocenters. The minimum atomic E-state index is -3.02. The minimum absolute atomic E-state index is 0.0463. The Kier molecular flexibility index (Phi) is 2.72. The molecule has 0 fully saturated rings. The van der Waals surface area contributed by atoms with Crippen molar-refractivity contribution in [3.8, 4) is 0 Å². The van der Waals surface area contributed by atoms with E-state index in [2.05, 4.69) is 0 Å². The normalized spacial score (nSPS) is 12.2. The molecule has 0 aliphatic carbocycles. The van der Waals surface area contributed by atoms with Crippen LogP contribution in [0.1, 0.15) is 5.56 Å². The number of hydrogen-bond donors (Lipinski definition) is 0. The molecule has 0 atom stereocenters. The van der Waals surface area contributed by atoms with Gasteiger partial charge in [0.1, 0.15) is 0 Å². The maximum atomic E-state index is 11.3. The SMILES string of the molecule is Cn1cc(CS(C)(=O)=O)c2cccc(Cl)c21. The van der Waals surface area contributed by atoms with Crippen LogP contribution in [0.25, 0.3) is 10.9 Å². The van der Waals surface area contributed by atoms with Crippen LogP contribution >= 0.6 is 11.6 Å². The first-order valence-electron chi connectivity index (χ1n) is 4.78. The monoisotopic (exact) mass is 257 g/mol. The molecule has 0 N–H and O–H groups in total. The summed E-state index contributed by atoms with van der Waals surface area (Å²) in [5, 5.41) is 1.54. The molecule has 0 bridgehead atoms. The molecule has 1 aromatic carbocycles. The molecule has 0 radical (unpaired) electrons. The Hall–Kier alpha value is -1.00. The fourth-order valence-corrected chi connectivity index (χ4v) is 3.00. The zero-order valence-corrected chi connectivity index (χ0v) is 10.6. The third-order valence-electron chi connectivity index (χ3n) is 2.45. The first-order valence-corrected chi connectivity index (χ1v) is 7.22. The van der Waals surface area contributed by atoms with Gasteiger partial charge in [0.25, 0.3) is 0 Å². The van der Waals surface area contributed by atoms with E-state index in [0.717, 1.165) is 16.5 Å². The standard InChI is InChI=1S/C11H12ClNO2S/c1-13-6-8(7-16(2,14)15)9-4-3-5-10(12)11(9)13/h3-6H,7H2,1-2H3. The van der Waals surface area contributed by atoms with Crippen molar-refractivity contribution in [1.29, 1.82) is 0 Å². The Morgan fingerprint density at radius 2 is 2.06 bits per heavy atom. The van der Waals surface area contributed by atoms with Crippen LogP contribution in [0.4, 0.5) is 0 Å². The topological polar surface area (TPSA) is 39.1 Å². The zero-order valence-electron chi connectivity index (χ0n) is 9.07. The van der Waals surface area contributed by atoms with E-state index in [0.29, 0.717) is 5.02 Å². The lowest BCUT2D eigenvalue weighted by Crippen LogP contribution is -1.99. The van der Waals surface area contributed by atoms with E-state index in [4.69, 9.17) is 11.6 Å². The Balaban J connectivity index is 2.69. The van der Waals surface area contributed by atoms with Crippen molar-refractivity contribution >= 4 is 32.3 Å². The fourth-order valence-electron chi connectivity index (χ4n) is 1.90. The number of sulfone groups is 1.